The summed E-state index contributed by atoms with van der Waals surface area (Å²) < 4.78 is 1.96. The second-order valence-corrected chi connectivity index (χ2v) is 5.65. The molecule has 0 amide bonds. The molecule has 1 aromatic heterocycles. The lowest BCUT2D eigenvalue weighted by molar-refractivity contribution is -0.144. The Balaban J connectivity index is 3.03. The van der Waals surface area contributed by atoms with Crippen molar-refractivity contribution in [1.29, 1.82) is 0 Å². The van der Waals surface area contributed by atoms with E-state index in [4.69, 9.17) is 0 Å². The molecule has 0 bridgehead atoms. The number of nitrogens with one attached hydrogen (secondary N) is 1. The summed E-state index contributed by atoms with van der Waals surface area (Å²) >= 11 is 0. The molecule has 2 unspecified atom stereocenters. The van der Waals surface area contributed by atoms with Crippen molar-refractivity contribution in [2.24, 2.45) is 0 Å². The van der Waals surface area contributed by atoms with Crippen LogP contribution in [-0.4, -0.2) is 26.4 Å². The zero-order valence-corrected chi connectivity index (χ0v) is 13.4. The summed E-state index contributed by atoms with van der Waals surface area (Å²) in [6, 6.07) is -0.0389. The zero-order chi connectivity index (χ0) is 15.5. The highest BCUT2D eigenvalue weighted by Crippen LogP contribution is 2.25. The summed E-state index contributed by atoms with van der Waals surface area (Å²) in [6.07, 6.45) is 1.43. The second-order valence-electron chi connectivity index (χ2n) is 5.65. The molecule has 5 heteroatoms. The minimum Gasteiger partial charge on any atom is -0.480 e. The maximum atomic E-state index is 11.5. The number of hydrogen-bond acceptors (Lipinski definition) is 3. The van der Waals surface area contributed by atoms with Crippen molar-refractivity contribution < 1.29 is 9.90 Å². The van der Waals surface area contributed by atoms with E-state index in [9.17, 15) is 9.90 Å². The first-order valence-electron chi connectivity index (χ1n) is 7.31. The second kappa shape index (κ2) is 6.39. The third-order valence-electron chi connectivity index (χ3n) is 3.93. The Kier molecular flexibility index (Phi) is 5.34. The van der Waals surface area contributed by atoms with Gasteiger partial charge in [-0.1, -0.05) is 13.3 Å². The maximum absolute atomic E-state index is 11.5. The van der Waals surface area contributed by atoms with E-state index in [-0.39, 0.29) is 6.04 Å². The number of carboxylic acid groups (broad SMARTS) is 1. The molecule has 20 heavy (non-hydrogen) atoms. The molecule has 0 fully saturated rings. The van der Waals surface area contributed by atoms with Gasteiger partial charge in [-0.25, -0.2) is 0 Å². The molecule has 2 atom stereocenters. The van der Waals surface area contributed by atoms with Gasteiger partial charge < -0.3 is 5.11 Å². The van der Waals surface area contributed by atoms with E-state index in [1.54, 1.807) is 6.92 Å². The number of carboxylic acids is 1. The van der Waals surface area contributed by atoms with Crippen LogP contribution in [0, 0.1) is 13.8 Å². The molecule has 0 aliphatic carbocycles. The molecular formula is C15H27N3O2. The lowest BCUT2D eigenvalue weighted by Crippen LogP contribution is -2.50. The molecule has 5 nitrogen and oxygen atoms in total. The first kappa shape index (κ1) is 16.7. The molecule has 0 aliphatic heterocycles. The van der Waals surface area contributed by atoms with Gasteiger partial charge in [0, 0.05) is 23.8 Å². The molecule has 0 saturated carbocycles. The first-order chi connectivity index (χ1) is 9.26. The molecule has 2 N–H and O–H groups in total. The Morgan fingerprint density at radius 1 is 1.45 bits per heavy atom. The SMILES string of the molecule is CCCC(C)(NC(C)c1c(C)nn(CC)c1C)C(=O)O. The van der Waals surface area contributed by atoms with E-state index < -0.39 is 11.5 Å². The minimum absolute atomic E-state index is 0.0389. The molecule has 114 valence electrons. The van der Waals surface area contributed by atoms with Gasteiger partial charge in [0.25, 0.3) is 0 Å². The molecule has 1 heterocycles. The third-order valence-corrected chi connectivity index (χ3v) is 3.93. The van der Waals surface area contributed by atoms with Crippen LogP contribution in [0.2, 0.25) is 0 Å². The summed E-state index contributed by atoms with van der Waals surface area (Å²) in [6.45, 7) is 12.7. The molecule has 0 saturated heterocycles. The van der Waals surface area contributed by atoms with Gasteiger partial charge in [0.15, 0.2) is 0 Å². The van der Waals surface area contributed by atoms with E-state index in [0.717, 1.165) is 29.9 Å². The van der Waals surface area contributed by atoms with Gasteiger partial charge in [-0.05, 0) is 41.0 Å². The van der Waals surface area contributed by atoms with E-state index in [0.29, 0.717) is 6.42 Å². The van der Waals surface area contributed by atoms with Crippen molar-refractivity contribution in [1.82, 2.24) is 15.1 Å². The Morgan fingerprint density at radius 2 is 2.05 bits per heavy atom. The Bertz CT molecular complexity index is 482. The van der Waals surface area contributed by atoms with Crippen molar-refractivity contribution in [3.63, 3.8) is 0 Å². The number of aliphatic carboxylic acids is 1. The smallest absolute Gasteiger partial charge is 0.323 e. The monoisotopic (exact) mass is 281 g/mol. The van der Waals surface area contributed by atoms with Gasteiger partial charge >= 0.3 is 5.97 Å². The average molecular weight is 281 g/mol. The lowest BCUT2D eigenvalue weighted by atomic mass is 9.93. The first-order valence-corrected chi connectivity index (χ1v) is 7.31. The van der Waals surface area contributed by atoms with E-state index >= 15 is 0 Å². The van der Waals surface area contributed by atoms with E-state index in [1.807, 2.05) is 32.4 Å². The standard InChI is InChI=1S/C15H27N3O2/c1-7-9-15(6,14(19)20)16-10(3)13-11(4)17-18(8-2)12(13)5/h10,16H,7-9H2,1-6H3,(H,19,20). The summed E-state index contributed by atoms with van der Waals surface area (Å²) in [7, 11) is 0. The Morgan fingerprint density at radius 3 is 2.45 bits per heavy atom. The number of aromatic nitrogens is 2. The molecule has 0 radical (unpaired) electrons. The number of rotatable bonds is 7. The largest absolute Gasteiger partial charge is 0.480 e. The minimum atomic E-state index is -0.901. The highest BCUT2D eigenvalue weighted by Gasteiger charge is 2.34. The quantitative estimate of drug-likeness (QED) is 0.806. The summed E-state index contributed by atoms with van der Waals surface area (Å²) in [5, 5.41) is 17.2. The van der Waals surface area contributed by atoms with Crippen molar-refractivity contribution in [3.8, 4) is 0 Å². The predicted octanol–water partition coefficient (Wildman–Crippen LogP) is 2.81. The van der Waals surface area contributed by atoms with Crippen LogP contribution in [0.1, 0.15) is 63.5 Å². The van der Waals surface area contributed by atoms with Gasteiger partial charge in [0.2, 0.25) is 0 Å². The van der Waals surface area contributed by atoms with Crippen molar-refractivity contribution in [3.05, 3.63) is 17.0 Å². The van der Waals surface area contributed by atoms with Crippen LogP contribution >= 0.6 is 0 Å². The van der Waals surface area contributed by atoms with Gasteiger partial charge in [-0.15, -0.1) is 0 Å². The summed E-state index contributed by atoms with van der Waals surface area (Å²) in [5.41, 5.74) is 2.28. The van der Waals surface area contributed by atoms with Crippen LogP contribution in [0.15, 0.2) is 0 Å². The summed E-state index contributed by atoms with van der Waals surface area (Å²) in [4.78, 5) is 11.5. The molecule has 0 spiro atoms. The third kappa shape index (κ3) is 3.20. The van der Waals surface area contributed by atoms with Crippen molar-refractivity contribution >= 4 is 5.97 Å². The highest BCUT2D eigenvalue weighted by molar-refractivity contribution is 5.78. The van der Waals surface area contributed by atoms with Crippen LogP contribution in [0.5, 0.6) is 0 Å². The number of aryl methyl sites for hydroxylation is 2. The molecule has 1 rings (SSSR count). The van der Waals surface area contributed by atoms with Gasteiger partial charge in [0.05, 0.1) is 5.69 Å². The fourth-order valence-electron chi connectivity index (χ4n) is 2.94. The van der Waals surface area contributed by atoms with Crippen LogP contribution in [-0.2, 0) is 11.3 Å². The molecular weight excluding hydrogens is 254 g/mol. The van der Waals surface area contributed by atoms with Crippen molar-refractivity contribution in [2.45, 2.75) is 72.5 Å². The average Bonchev–Trinajstić information content (AvgIpc) is 2.64. The topological polar surface area (TPSA) is 67.2 Å². The molecule has 1 aromatic rings. The Labute approximate surface area is 121 Å². The van der Waals surface area contributed by atoms with Crippen LogP contribution in [0.4, 0.5) is 0 Å². The molecule has 0 aliphatic rings. The lowest BCUT2D eigenvalue weighted by Gasteiger charge is -2.30. The number of hydrogen-bond donors (Lipinski definition) is 2. The van der Waals surface area contributed by atoms with Gasteiger partial charge in [-0.2, -0.15) is 5.10 Å². The predicted molar refractivity (Wildman–Crippen MR) is 79.9 cm³/mol. The normalized spacial score (nSPS) is 15.9. The highest BCUT2D eigenvalue weighted by atomic mass is 16.4. The maximum Gasteiger partial charge on any atom is 0.323 e. The zero-order valence-electron chi connectivity index (χ0n) is 13.4. The van der Waals surface area contributed by atoms with Crippen LogP contribution in [0.25, 0.3) is 0 Å². The van der Waals surface area contributed by atoms with Gasteiger partial charge in [0.1, 0.15) is 5.54 Å². The fourth-order valence-corrected chi connectivity index (χ4v) is 2.94. The van der Waals surface area contributed by atoms with E-state index in [2.05, 4.69) is 17.3 Å². The Hall–Kier alpha value is -1.36. The summed E-state index contributed by atoms with van der Waals surface area (Å²) in [5.74, 6) is -0.801. The van der Waals surface area contributed by atoms with E-state index in [1.165, 1.54) is 0 Å². The van der Waals surface area contributed by atoms with Crippen molar-refractivity contribution in [2.75, 3.05) is 0 Å². The van der Waals surface area contributed by atoms with Crippen LogP contribution in [0.3, 0.4) is 0 Å². The fraction of sp³-hybridized carbons (Fsp3) is 0.733. The number of carbonyl (C=O) groups is 1. The number of nitrogens with zero attached hydrogens (tertiary/aromatic N) is 2. The van der Waals surface area contributed by atoms with Gasteiger partial charge in [-0.3, -0.25) is 14.8 Å². The van der Waals surface area contributed by atoms with Crippen LogP contribution < -0.4 is 5.32 Å². The molecule has 0 aromatic carbocycles.